The smallest absolute Gasteiger partial charge is 0.748 e. The fourth-order valence-electron chi connectivity index (χ4n) is 0.913. The first-order valence-electron chi connectivity index (χ1n) is 3.39. The van der Waals surface area contributed by atoms with Crippen molar-refractivity contribution >= 4 is 15.8 Å². The molecule has 0 aromatic heterocycles. The summed E-state index contributed by atoms with van der Waals surface area (Å²) < 4.78 is 31.1. The molecule has 0 heterocycles. The highest BCUT2D eigenvalue weighted by Gasteiger charge is 2.06. The van der Waals surface area contributed by atoms with Crippen molar-refractivity contribution in [2.24, 2.45) is 0 Å². The molecule has 0 N–H and O–H groups in total. The number of diazo groups is 1. The van der Waals surface area contributed by atoms with Gasteiger partial charge in [-0.25, -0.2) is 8.42 Å². The molecule has 5 nitrogen and oxygen atoms in total. The van der Waals surface area contributed by atoms with E-state index in [2.05, 4.69) is 4.98 Å². The first-order valence-corrected chi connectivity index (χ1v) is 4.96. The quantitative estimate of drug-likeness (QED) is 0.531. The van der Waals surface area contributed by atoms with Gasteiger partial charge in [0.1, 0.15) is 0 Å². The molecule has 0 aliphatic rings. The van der Waals surface area contributed by atoms with Crippen LogP contribution in [0.25, 0.3) is 4.98 Å². The Morgan fingerprint density at radius 2 is 2.23 bits per heavy atom. The summed E-state index contributed by atoms with van der Waals surface area (Å²) in [6, 6.07) is 5.80. The van der Waals surface area contributed by atoms with Gasteiger partial charge in [0.05, 0.1) is 15.9 Å². The van der Waals surface area contributed by atoms with E-state index in [0.29, 0.717) is 5.56 Å². The van der Waals surface area contributed by atoms with Crippen LogP contribution in [-0.4, -0.2) is 13.0 Å². The van der Waals surface area contributed by atoms with Gasteiger partial charge >= 0.3 is 7.11 Å². The van der Waals surface area contributed by atoms with Crippen molar-refractivity contribution < 1.29 is 14.4 Å². The largest absolute Gasteiger partial charge is 1.00 e. The Kier molecular flexibility index (Phi) is 2.60. The van der Waals surface area contributed by atoms with Gasteiger partial charge < -0.3 is 4.55 Å². The van der Waals surface area contributed by atoms with Crippen molar-refractivity contribution in [3.8, 4) is 0 Å². The summed E-state index contributed by atoms with van der Waals surface area (Å²) in [6.07, 6.45) is 0. The zero-order valence-corrected chi connectivity index (χ0v) is 7.36. The van der Waals surface area contributed by atoms with Gasteiger partial charge in [0, 0.05) is 12.1 Å². The lowest BCUT2D eigenvalue weighted by atomic mass is 10.2. The molecule has 0 spiro atoms. The van der Waals surface area contributed by atoms with Crippen LogP contribution in [0, 0.1) is 5.39 Å². The highest BCUT2D eigenvalue weighted by atomic mass is 32.2. The van der Waals surface area contributed by atoms with Crippen LogP contribution in [0.4, 0.5) is 5.69 Å². The van der Waals surface area contributed by atoms with Crippen molar-refractivity contribution in [1.82, 2.24) is 0 Å². The Bertz CT molecular complexity index is 452. The summed E-state index contributed by atoms with van der Waals surface area (Å²) in [5.74, 6) is -0.587. The van der Waals surface area contributed by atoms with Gasteiger partial charge in [-0.1, -0.05) is 12.1 Å². The summed E-state index contributed by atoms with van der Waals surface area (Å²) in [6.45, 7) is 0. The molecule has 1 aromatic carbocycles. The minimum absolute atomic E-state index is 0. The summed E-state index contributed by atoms with van der Waals surface area (Å²) in [7, 11) is -4.28. The van der Waals surface area contributed by atoms with Crippen molar-refractivity contribution in [1.29, 1.82) is 5.39 Å². The van der Waals surface area contributed by atoms with Crippen LogP contribution in [0.1, 0.15) is 6.99 Å². The van der Waals surface area contributed by atoms with E-state index < -0.39 is 15.9 Å². The van der Waals surface area contributed by atoms with Gasteiger partial charge in [-0.2, -0.15) is 0 Å². The standard InChI is InChI=1S/C7H6N2O3S/c8-9-7-3-1-2-6(4-7)5-13(10,11)12/h1-4H,5H2/p+1. The van der Waals surface area contributed by atoms with E-state index in [-0.39, 0.29) is 7.11 Å². The molecule has 6 heteroatoms. The van der Waals surface area contributed by atoms with Crippen LogP contribution < -0.4 is 0 Å². The molecule has 1 aromatic rings. The fourth-order valence-corrected chi connectivity index (χ4v) is 1.50. The monoisotopic (exact) mass is 199 g/mol. The third-order valence-corrected chi connectivity index (χ3v) is 2.06. The second kappa shape index (κ2) is 3.51. The summed E-state index contributed by atoms with van der Waals surface area (Å²) in [5.41, 5.74) is 0.534. The van der Waals surface area contributed by atoms with Crippen LogP contribution >= 0.6 is 0 Å². The van der Waals surface area contributed by atoms with Crippen molar-refractivity contribution in [2.75, 3.05) is 0 Å². The molecule has 0 unspecified atom stereocenters. The molecule has 0 saturated carbocycles. The topological polar surface area (TPSA) is 85.3 Å². The van der Waals surface area contributed by atoms with Crippen molar-refractivity contribution in [2.45, 2.75) is 5.75 Å². The number of benzene rings is 1. The van der Waals surface area contributed by atoms with Gasteiger partial charge in [0.15, 0.2) is 4.98 Å². The van der Waals surface area contributed by atoms with Crippen LogP contribution in [-0.2, 0) is 15.9 Å². The molecule has 0 saturated heterocycles. The Hall–Kier alpha value is -1.45. The van der Waals surface area contributed by atoms with E-state index in [1.807, 2.05) is 0 Å². The zero-order chi connectivity index (χ0) is 9.90. The van der Waals surface area contributed by atoms with Crippen LogP contribution in [0.5, 0.6) is 0 Å². The van der Waals surface area contributed by atoms with E-state index in [4.69, 9.17) is 5.39 Å². The summed E-state index contributed by atoms with van der Waals surface area (Å²) in [5, 5.41) is 8.36. The van der Waals surface area contributed by atoms with Gasteiger partial charge in [0.25, 0.3) is 0 Å². The van der Waals surface area contributed by atoms with Crippen molar-refractivity contribution in [3.05, 3.63) is 34.8 Å². The molecular weight excluding hydrogens is 192 g/mol. The Balaban J connectivity index is 0.00000169. The molecule has 0 bridgehead atoms. The van der Waals surface area contributed by atoms with E-state index in [0.717, 1.165) is 0 Å². The summed E-state index contributed by atoms with van der Waals surface area (Å²) in [4.78, 5) is 2.86. The Morgan fingerprint density at radius 1 is 1.54 bits per heavy atom. The van der Waals surface area contributed by atoms with Gasteiger partial charge in [-0.05, 0) is 5.56 Å². The molecule has 0 radical (unpaired) electrons. The minimum Gasteiger partial charge on any atom is -0.748 e. The lowest BCUT2D eigenvalue weighted by Gasteiger charge is -2.04. The lowest BCUT2D eigenvalue weighted by molar-refractivity contribution is 0.462. The fraction of sp³-hybridized carbons (Fsp3) is 0.143. The third kappa shape index (κ3) is 3.19. The molecule has 68 valence electrons. The zero-order valence-electron chi connectivity index (χ0n) is 7.54. The number of hydrogen-bond acceptors (Lipinski definition) is 4. The molecule has 0 aliphatic heterocycles. The molecule has 0 aliphatic carbocycles. The van der Waals surface area contributed by atoms with Crippen LogP contribution in [0.2, 0.25) is 0 Å². The predicted octanol–water partition coefficient (Wildman–Crippen LogP) is 1.33. The molecule has 0 atom stereocenters. The maximum Gasteiger partial charge on any atom is 1.00 e. The minimum atomic E-state index is -4.28. The van der Waals surface area contributed by atoms with Gasteiger partial charge in [-0.3, -0.25) is 0 Å². The second-order valence-corrected chi connectivity index (χ2v) is 3.88. The highest BCUT2D eigenvalue weighted by Crippen LogP contribution is 2.15. The molecule has 0 fully saturated rings. The highest BCUT2D eigenvalue weighted by molar-refractivity contribution is 7.84. The van der Waals surface area contributed by atoms with Crippen LogP contribution in [0.15, 0.2) is 24.3 Å². The van der Waals surface area contributed by atoms with E-state index >= 15 is 0 Å². The number of nitrogens with zero attached hydrogens (tertiary/aromatic N) is 2. The second-order valence-electron chi connectivity index (χ2n) is 2.47. The average molecular weight is 199 g/mol. The molecule has 1 rings (SSSR count). The van der Waals surface area contributed by atoms with Crippen molar-refractivity contribution in [3.63, 3.8) is 0 Å². The Labute approximate surface area is 76.9 Å². The maximum absolute atomic E-state index is 10.4. The maximum atomic E-state index is 10.4. The first-order chi connectivity index (χ1) is 6.01. The Morgan fingerprint density at radius 3 is 2.77 bits per heavy atom. The van der Waals surface area contributed by atoms with Gasteiger partial charge in [-0.15, -0.1) is 0 Å². The predicted molar refractivity (Wildman–Crippen MR) is 45.7 cm³/mol. The number of rotatable bonds is 2. The first kappa shape index (κ1) is 9.64. The van der Waals surface area contributed by atoms with Crippen LogP contribution in [0.3, 0.4) is 0 Å². The van der Waals surface area contributed by atoms with Gasteiger partial charge in [0.2, 0.25) is 5.39 Å². The summed E-state index contributed by atoms with van der Waals surface area (Å²) >= 11 is 0. The lowest BCUT2D eigenvalue weighted by Crippen LogP contribution is -2.01. The molecule has 0 amide bonds. The van der Waals surface area contributed by atoms with E-state index in [1.165, 1.54) is 24.3 Å². The molecule has 13 heavy (non-hydrogen) atoms. The normalized spacial score (nSPS) is 10.8. The van der Waals surface area contributed by atoms with E-state index in [1.54, 1.807) is 0 Å². The SMILES string of the molecule is N#[N+]c1cccc(CS(=O)(=O)[O-])c1.[H+]. The van der Waals surface area contributed by atoms with E-state index in [9.17, 15) is 13.0 Å². The molecular formula is C7H7N2O3S+. The number of hydrogen-bond donors (Lipinski definition) is 0. The third-order valence-electron chi connectivity index (χ3n) is 1.37. The average Bonchev–Trinajstić information content (AvgIpc) is 2.01.